The second-order valence-electron chi connectivity index (χ2n) is 9.15. The zero-order valence-corrected chi connectivity index (χ0v) is 24.5. The molecule has 2 amide bonds. The van der Waals surface area contributed by atoms with Crippen LogP contribution in [0.15, 0.2) is 83.8 Å². The summed E-state index contributed by atoms with van der Waals surface area (Å²) < 4.78 is 28.6. The average Bonchev–Trinajstić information content (AvgIpc) is 2.94. The SMILES string of the molecule is CCC(C)NC(=O)C(CC)N(Cc1ccccc1)C(=O)CN(c1cccc(Cl)c1Cl)S(=O)(=O)c1ccccc1. The number of anilines is 1. The molecule has 10 heteroatoms. The van der Waals surface area contributed by atoms with E-state index in [1.54, 1.807) is 24.3 Å². The van der Waals surface area contributed by atoms with Crippen molar-refractivity contribution < 1.29 is 18.0 Å². The number of nitrogens with one attached hydrogen (secondary N) is 1. The predicted molar refractivity (Wildman–Crippen MR) is 156 cm³/mol. The Morgan fingerprint density at radius 2 is 1.49 bits per heavy atom. The maximum absolute atomic E-state index is 14.0. The van der Waals surface area contributed by atoms with Gasteiger partial charge in [-0.3, -0.25) is 13.9 Å². The van der Waals surface area contributed by atoms with Gasteiger partial charge in [0.1, 0.15) is 12.6 Å². The maximum Gasteiger partial charge on any atom is 0.264 e. The van der Waals surface area contributed by atoms with Crippen molar-refractivity contribution in [3.8, 4) is 0 Å². The summed E-state index contributed by atoms with van der Waals surface area (Å²) in [7, 11) is -4.23. The molecule has 0 aliphatic rings. The molecule has 39 heavy (non-hydrogen) atoms. The van der Waals surface area contributed by atoms with E-state index >= 15 is 0 Å². The second kappa shape index (κ2) is 13.8. The summed E-state index contributed by atoms with van der Waals surface area (Å²) in [6.45, 7) is 5.20. The third-order valence-corrected chi connectivity index (χ3v) is 8.98. The molecule has 3 aromatic rings. The lowest BCUT2D eigenvalue weighted by molar-refractivity contribution is -0.140. The van der Waals surface area contributed by atoms with E-state index in [1.807, 2.05) is 51.1 Å². The average molecular weight is 591 g/mol. The monoisotopic (exact) mass is 589 g/mol. The highest BCUT2D eigenvalue weighted by Crippen LogP contribution is 2.35. The van der Waals surface area contributed by atoms with Crippen molar-refractivity contribution in [3.05, 3.63) is 94.5 Å². The second-order valence-corrected chi connectivity index (χ2v) is 11.8. The van der Waals surface area contributed by atoms with E-state index in [4.69, 9.17) is 23.2 Å². The van der Waals surface area contributed by atoms with Gasteiger partial charge in [-0.15, -0.1) is 0 Å². The highest BCUT2D eigenvalue weighted by molar-refractivity contribution is 7.92. The fourth-order valence-corrected chi connectivity index (χ4v) is 5.95. The minimum atomic E-state index is -4.23. The van der Waals surface area contributed by atoms with E-state index in [1.165, 1.54) is 29.2 Å². The predicted octanol–water partition coefficient (Wildman–Crippen LogP) is 5.91. The van der Waals surface area contributed by atoms with Gasteiger partial charge in [0.15, 0.2) is 0 Å². The summed E-state index contributed by atoms with van der Waals surface area (Å²) in [5, 5.41) is 3.11. The van der Waals surface area contributed by atoms with Gasteiger partial charge in [-0.2, -0.15) is 0 Å². The van der Waals surface area contributed by atoms with Crippen molar-refractivity contribution in [2.75, 3.05) is 10.8 Å². The van der Waals surface area contributed by atoms with E-state index in [2.05, 4.69) is 5.32 Å². The number of nitrogens with zero attached hydrogens (tertiary/aromatic N) is 2. The third kappa shape index (κ3) is 7.53. The van der Waals surface area contributed by atoms with E-state index in [9.17, 15) is 18.0 Å². The van der Waals surface area contributed by atoms with Crippen molar-refractivity contribution in [1.82, 2.24) is 10.2 Å². The first-order valence-corrected chi connectivity index (χ1v) is 14.9. The topological polar surface area (TPSA) is 86.8 Å². The molecule has 0 aromatic heterocycles. The molecule has 0 aliphatic carbocycles. The molecule has 208 valence electrons. The Balaban J connectivity index is 2.08. The normalized spacial score (nSPS) is 12.8. The fourth-order valence-electron chi connectivity index (χ4n) is 4.06. The van der Waals surface area contributed by atoms with Crippen LogP contribution in [0.3, 0.4) is 0 Å². The highest BCUT2D eigenvalue weighted by Gasteiger charge is 2.34. The lowest BCUT2D eigenvalue weighted by Crippen LogP contribution is -2.53. The molecule has 0 fully saturated rings. The molecule has 2 atom stereocenters. The molecular formula is C29H33Cl2N3O4S. The summed E-state index contributed by atoms with van der Waals surface area (Å²) in [5.74, 6) is -0.852. The van der Waals surface area contributed by atoms with Gasteiger partial charge >= 0.3 is 0 Å². The molecule has 0 spiro atoms. The number of halogens is 2. The maximum atomic E-state index is 14.0. The minimum absolute atomic E-state index is 0.00244. The van der Waals surface area contributed by atoms with Crippen LogP contribution in [-0.4, -0.2) is 43.8 Å². The molecule has 3 aromatic carbocycles. The van der Waals surface area contributed by atoms with Gasteiger partial charge in [-0.25, -0.2) is 8.42 Å². The van der Waals surface area contributed by atoms with Gasteiger partial charge in [-0.05, 0) is 49.6 Å². The number of carbonyl (C=O) groups excluding carboxylic acids is 2. The van der Waals surface area contributed by atoms with Crippen LogP contribution in [0, 0.1) is 0 Å². The van der Waals surface area contributed by atoms with Gasteiger partial charge < -0.3 is 10.2 Å². The molecule has 1 N–H and O–H groups in total. The first kappa shape index (κ1) is 30.5. The molecule has 7 nitrogen and oxygen atoms in total. The number of hydrogen-bond acceptors (Lipinski definition) is 4. The van der Waals surface area contributed by atoms with Gasteiger partial charge in [-0.1, -0.05) is 91.6 Å². The van der Waals surface area contributed by atoms with Crippen LogP contribution in [0.1, 0.15) is 39.2 Å². The molecule has 3 rings (SSSR count). The van der Waals surface area contributed by atoms with Crippen molar-refractivity contribution in [2.24, 2.45) is 0 Å². The van der Waals surface area contributed by atoms with Crippen LogP contribution in [0.25, 0.3) is 0 Å². The number of carbonyl (C=O) groups is 2. The van der Waals surface area contributed by atoms with E-state index in [-0.39, 0.29) is 39.1 Å². The Labute approximate surface area is 240 Å². The smallest absolute Gasteiger partial charge is 0.264 e. The first-order valence-electron chi connectivity index (χ1n) is 12.8. The first-order chi connectivity index (χ1) is 18.6. The van der Waals surface area contributed by atoms with Gasteiger partial charge in [0.05, 0.1) is 20.6 Å². The van der Waals surface area contributed by atoms with E-state index in [0.717, 1.165) is 16.3 Å². The van der Waals surface area contributed by atoms with E-state index < -0.39 is 28.5 Å². The number of amides is 2. The standard InChI is InChI=1S/C29H33Cl2N3O4S/c1-4-21(3)32-29(36)25(5-2)33(19-22-13-8-6-9-14-22)27(35)20-34(26-18-12-17-24(30)28(26)31)39(37,38)23-15-10-7-11-16-23/h6-18,21,25H,4-5,19-20H2,1-3H3,(H,32,36). The quantitative estimate of drug-likeness (QED) is 0.284. The number of sulfonamides is 1. The Kier molecular flexibility index (Phi) is 10.8. The lowest BCUT2D eigenvalue weighted by Gasteiger charge is -2.34. The lowest BCUT2D eigenvalue weighted by atomic mass is 10.1. The third-order valence-electron chi connectivity index (χ3n) is 6.39. The number of benzene rings is 3. The molecule has 0 aliphatic heterocycles. The molecular weight excluding hydrogens is 557 g/mol. The Morgan fingerprint density at radius 3 is 2.08 bits per heavy atom. The molecule has 0 saturated carbocycles. The molecule has 2 unspecified atom stereocenters. The Morgan fingerprint density at radius 1 is 0.872 bits per heavy atom. The van der Waals surface area contributed by atoms with Crippen LogP contribution >= 0.6 is 23.2 Å². The van der Waals surface area contributed by atoms with E-state index in [0.29, 0.717) is 6.42 Å². The van der Waals surface area contributed by atoms with Crippen LogP contribution in [-0.2, 0) is 26.2 Å². The van der Waals surface area contributed by atoms with Gasteiger partial charge in [0.2, 0.25) is 11.8 Å². The molecule has 0 heterocycles. The van der Waals surface area contributed by atoms with Crippen LogP contribution < -0.4 is 9.62 Å². The van der Waals surface area contributed by atoms with Gasteiger partial charge in [0, 0.05) is 12.6 Å². The highest BCUT2D eigenvalue weighted by atomic mass is 35.5. The van der Waals surface area contributed by atoms with Crippen molar-refractivity contribution in [1.29, 1.82) is 0 Å². The fraction of sp³-hybridized carbons (Fsp3) is 0.310. The Bertz CT molecular complexity index is 1370. The molecule has 0 saturated heterocycles. The number of rotatable bonds is 12. The summed E-state index contributed by atoms with van der Waals surface area (Å²) in [5.41, 5.74) is 0.872. The number of hydrogen-bond donors (Lipinski definition) is 1. The Hall–Kier alpha value is -3.07. The molecule has 0 bridgehead atoms. The summed E-state index contributed by atoms with van der Waals surface area (Å²) in [6.07, 6.45) is 1.06. The minimum Gasteiger partial charge on any atom is -0.352 e. The summed E-state index contributed by atoms with van der Waals surface area (Å²) in [6, 6.07) is 20.7. The molecule has 0 radical (unpaired) electrons. The zero-order chi connectivity index (χ0) is 28.6. The van der Waals surface area contributed by atoms with Crippen LogP contribution in [0.4, 0.5) is 5.69 Å². The summed E-state index contributed by atoms with van der Waals surface area (Å²) in [4.78, 5) is 28.7. The van der Waals surface area contributed by atoms with Crippen LogP contribution in [0.2, 0.25) is 10.0 Å². The van der Waals surface area contributed by atoms with Gasteiger partial charge in [0.25, 0.3) is 10.0 Å². The summed E-state index contributed by atoms with van der Waals surface area (Å²) >= 11 is 12.7. The largest absolute Gasteiger partial charge is 0.352 e. The van der Waals surface area contributed by atoms with Crippen molar-refractivity contribution in [3.63, 3.8) is 0 Å². The van der Waals surface area contributed by atoms with Crippen molar-refractivity contribution >= 4 is 50.7 Å². The van der Waals surface area contributed by atoms with Crippen LogP contribution in [0.5, 0.6) is 0 Å². The zero-order valence-electron chi connectivity index (χ0n) is 22.2. The van der Waals surface area contributed by atoms with Crippen molar-refractivity contribution in [2.45, 2.75) is 57.1 Å².